The Morgan fingerprint density at radius 3 is 2.86 bits per heavy atom. The molecule has 14 heavy (non-hydrogen) atoms. The first-order valence-corrected chi connectivity index (χ1v) is 4.80. The number of carbonyl (C=O) groups is 2. The number of ether oxygens (including phenoxy) is 1. The molecule has 80 valence electrons. The molecule has 0 saturated carbocycles. The fourth-order valence-electron chi connectivity index (χ4n) is 1.65. The van der Waals surface area contributed by atoms with Crippen LogP contribution in [0.15, 0.2) is 0 Å². The lowest BCUT2D eigenvalue weighted by Gasteiger charge is -2.12. The molecule has 1 aliphatic rings. The molecule has 0 spiro atoms. The summed E-state index contributed by atoms with van der Waals surface area (Å²) in [6.45, 7) is 3.75. The van der Waals surface area contributed by atoms with Crippen molar-refractivity contribution >= 4 is 11.9 Å². The van der Waals surface area contributed by atoms with Crippen LogP contribution in [0, 0.1) is 5.92 Å². The van der Waals surface area contributed by atoms with Gasteiger partial charge in [0.15, 0.2) is 0 Å². The molecule has 1 saturated heterocycles. The number of amides is 1. The molecule has 5 heteroatoms. The van der Waals surface area contributed by atoms with Gasteiger partial charge in [-0.05, 0) is 19.9 Å². The van der Waals surface area contributed by atoms with E-state index in [2.05, 4.69) is 0 Å². The summed E-state index contributed by atoms with van der Waals surface area (Å²) in [4.78, 5) is 23.8. The second-order valence-electron chi connectivity index (χ2n) is 3.44. The van der Waals surface area contributed by atoms with Crippen LogP contribution in [0.1, 0.15) is 13.3 Å². The minimum atomic E-state index is -0.352. The molecule has 1 rings (SSSR count). The van der Waals surface area contributed by atoms with Crippen LogP contribution in [-0.2, 0) is 14.3 Å². The van der Waals surface area contributed by atoms with Crippen LogP contribution in [0.3, 0.4) is 0 Å². The Kier molecular flexibility index (Phi) is 3.88. The van der Waals surface area contributed by atoms with Crippen molar-refractivity contribution in [3.05, 3.63) is 0 Å². The minimum Gasteiger partial charge on any atom is -0.466 e. The van der Waals surface area contributed by atoms with Gasteiger partial charge in [-0.3, -0.25) is 14.5 Å². The van der Waals surface area contributed by atoms with E-state index in [9.17, 15) is 9.59 Å². The summed E-state index contributed by atoms with van der Waals surface area (Å²) in [5, 5.41) is 0. The smallest absolute Gasteiger partial charge is 0.310 e. The molecule has 1 atom stereocenters. The first-order valence-electron chi connectivity index (χ1n) is 4.80. The van der Waals surface area contributed by atoms with Crippen LogP contribution >= 0.6 is 0 Å². The number of hydrogen-bond acceptors (Lipinski definition) is 4. The maximum Gasteiger partial charge on any atom is 0.310 e. The highest BCUT2D eigenvalue weighted by molar-refractivity contribution is 5.76. The van der Waals surface area contributed by atoms with Gasteiger partial charge >= 0.3 is 5.97 Å². The topological polar surface area (TPSA) is 72.6 Å². The van der Waals surface area contributed by atoms with E-state index in [0.29, 0.717) is 13.2 Å². The van der Waals surface area contributed by atoms with Crippen LogP contribution in [0.4, 0.5) is 0 Å². The van der Waals surface area contributed by atoms with Gasteiger partial charge < -0.3 is 10.5 Å². The molecule has 1 fully saturated rings. The van der Waals surface area contributed by atoms with Crippen molar-refractivity contribution in [3.8, 4) is 0 Å². The second-order valence-corrected chi connectivity index (χ2v) is 3.44. The maximum atomic E-state index is 11.3. The highest BCUT2D eigenvalue weighted by Crippen LogP contribution is 2.16. The van der Waals surface area contributed by atoms with E-state index >= 15 is 0 Å². The molecule has 0 radical (unpaired) electrons. The third-order valence-electron chi connectivity index (χ3n) is 2.27. The standard InChI is InChI=1S/C9H16N2O3/c1-2-14-9(13)7-3-4-11(5-7)6-8(10)12/h7H,2-6H2,1H3,(H2,10,12). The van der Waals surface area contributed by atoms with E-state index in [1.807, 2.05) is 4.90 Å². The highest BCUT2D eigenvalue weighted by atomic mass is 16.5. The molecule has 1 aliphatic heterocycles. The monoisotopic (exact) mass is 200 g/mol. The van der Waals surface area contributed by atoms with Crippen molar-refractivity contribution in [1.29, 1.82) is 0 Å². The molecule has 0 aliphatic carbocycles. The number of likely N-dealkylation sites (tertiary alicyclic amines) is 1. The lowest BCUT2D eigenvalue weighted by atomic mass is 10.1. The molecule has 1 unspecified atom stereocenters. The van der Waals surface area contributed by atoms with Gasteiger partial charge in [-0.1, -0.05) is 0 Å². The van der Waals surface area contributed by atoms with Crippen molar-refractivity contribution in [1.82, 2.24) is 4.90 Å². The summed E-state index contributed by atoms with van der Waals surface area (Å²) in [6.07, 6.45) is 0.756. The molecule has 0 aromatic rings. The van der Waals surface area contributed by atoms with Gasteiger partial charge in [0, 0.05) is 6.54 Å². The number of nitrogens with zero attached hydrogens (tertiary/aromatic N) is 1. The Morgan fingerprint density at radius 1 is 1.57 bits per heavy atom. The van der Waals surface area contributed by atoms with E-state index in [4.69, 9.17) is 10.5 Å². The third-order valence-corrected chi connectivity index (χ3v) is 2.27. The lowest BCUT2D eigenvalue weighted by Crippen LogP contribution is -2.33. The Morgan fingerprint density at radius 2 is 2.29 bits per heavy atom. The van der Waals surface area contributed by atoms with Crippen molar-refractivity contribution in [2.75, 3.05) is 26.2 Å². The van der Waals surface area contributed by atoms with E-state index in [1.54, 1.807) is 6.92 Å². The SMILES string of the molecule is CCOC(=O)C1CCN(CC(N)=O)C1. The van der Waals surface area contributed by atoms with Crippen LogP contribution < -0.4 is 5.73 Å². The van der Waals surface area contributed by atoms with Gasteiger partial charge in [0.05, 0.1) is 19.1 Å². The highest BCUT2D eigenvalue weighted by Gasteiger charge is 2.29. The zero-order valence-corrected chi connectivity index (χ0v) is 8.36. The summed E-state index contributed by atoms with van der Waals surface area (Å²) in [5.41, 5.74) is 5.06. The number of carbonyl (C=O) groups excluding carboxylic acids is 2. The number of rotatable bonds is 4. The number of nitrogens with two attached hydrogens (primary N) is 1. The number of primary amides is 1. The predicted molar refractivity (Wildman–Crippen MR) is 50.4 cm³/mol. The van der Waals surface area contributed by atoms with E-state index in [0.717, 1.165) is 13.0 Å². The molecule has 0 aromatic heterocycles. The van der Waals surface area contributed by atoms with Crippen LogP contribution in [-0.4, -0.2) is 43.0 Å². The average Bonchev–Trinajstić information content (AvgIpc) is 2.52. The predicted octanol–water partition coefficient (Wildman–Crippen LogP) is -0.643. The van der Waals surface area contributed by atoms with Crippen molar-refractivity contribution in [2.24, 2.45) is 11.7 Å². The summed E-state index contributed by atoms with van der Waals surface area (Å²) in [7, 11) is 0. The number of esters is 1. The van der Waals surface area contributed by atoms with Gasteiger partial charge in [-0.2, -0.15) is 0 Å². The van der Waals surface area contributed by atoms with Crippen molar-refractivity contribution in [3.63, 3.8) is 0 Å². The largest absolute Gasteiger partial charge is 0.466 e. The quantitative estimate of drug-likeness (QED) is 0.612. The Bertz CT molecular complexity index is 230. The van der Waals surface area contributed by atoms with Gasteiger partial charge in [-0.25, -0.2) is 0 Å². The molecule has 1 amide bonds. The van der Waals surface area contributed by atoms with Gasteiger partial charge in [-0.15, -0.1) is 0 Å². The molecule has 1 heterocycles. The molecular formula is C9H16N2O3. The van der Waals surface area contributed by atoms with Gasteiger partial charge in [0.2, 0.25) is 5.91 Å². The fourth-order valence-corrected chi connectivity index (χ4v) is 1.65. The average molecular weight is 200 g/mol. The molecule has 5 nitrogen and oxygen atoms in total. The Labute approximate surface area is 83.2 Å². The minimum absolute atomic E-state index is 0.0886. The lowest BCUT2D eigenvalue weighted by molar-refractivity contribution is -0.147. The summed E-state index contributed by atoms with van der Waals surface area (Å²) in [5.74, 6) is -0.608. The van der Waals surface area contributed by atoms with Crippen molar-refractivity contribution < 1.29 is 14.3 Å². The third kappa shape index (κ3) is 2.99. The van der Waals surface area contributed by atoms with Gasteiger partial charge in [0.1, 0.15) is 0 Å². The van der Waals surface area contributed by atoms with E-state index in [1.165, 1.54) is 0 Å². The first-order chi connectivity index (χ1) is 6.63. The molecular weight excluding hydrogens is 184 g/mol. The normalized spacial score (nSPS) is 22.2. The first kappa shape index (κ1) is 11.0. The van der Waals surface area contributed by atoms with Crippen LogP contribution in [0.5, 0.6) is 0 Å². The van der Waals surface area contributed by atoms with E-state index in [-0.39, 0.29) is 24.3 Å². The van der Waals surface area contributed by atoms with Gasteiger partial charge in [0.25, 0.3) is 0 Å². The fraction of sp³-hybridized carbons (Fsp3) is 0.778. The molecule has 2 N–H and O–H groups in total. The zero-order chi connectivity index (χ0) is 10.6. The van der Waals surface area contributed by atoms with E-state index < -0.39 is 0 Å². The second kappa shape index (κ2) is 4.95. The number of hydrogen-bond donors (Lipinski definition) is 1. The Hall–Kier alpha value is -1.10. The summed E-state index contributed by atoms with van der Waals surface area (Å²) >= 11 is 0. The Balaban J connectivity index is 2.33. The summed E-state index contributed by atoms with van der Waals surface area (Å²) in [6, 6.07) is 0. The summed E-state index contributed by atoms with van der Waals surface area (Å²) < 4.78 is 4.90. The molecule has 0 aromatic carbocycles. The van der Waals surface area contributed by atoms with Crippen LogP contribution in [0.2, 0.25) is 0 Å². The van der Waals surface area contributed by atoms with Crippen molar-refractivity contribution in [2.45, 2.75) is 13.3 Å². The zero-order valence-electron chi connectivity index (χ0n) is 8.36. The molecule has 0 bridgehead atoms. The van der Waals surface area contributed by atoms with Crippen LogP contribution in [0.25, 0.3) is 0 Å². The maximum absolute atomic E-state index is 11.3.